The molecular formula is C9H6BrNO. The minimum atomic E-state index is 0.202. The Morgan fingerprint density at radius 3 is 2.92 bits per heavy atom. The molecule has 2 nitrogen and oxygen atoms in total. The van der Waals surface area contributed by atoms with E-state index in [1.807, 2.05) is 18.2 Å². The van der Waals surface area contributed by atoms with E-state index in [1.165, 1.54) is 0 Å². The Labute approximate surface area is 78.0 Å². The minimum Gasteiger partial charge on any atom is -0.505 e. The molecular weight excluding hydrogens is 218 g/mol. The molecule has 0 fully saturated rings. The van der Waals surface area contributed by atoms with E-state index in [-0.39, 0.29) is 5.75 Å². The number of pyridine rings is 1. The lowest BCUT2D eigenvalue weighted by Crippen LogP contribution is -1.78. The summed E-state index contributed by atoms with van der Waals surface area (Å²) in [5, 5.41) is 10.5. The first kappa shape index (κ1) is 7.55. The van der Waals surface area contributed by atoms with Gasteiger partial charge in [-0.2, -0.15) is 0 Å². The predicted molar refractivity (Wildman–Crippen MR) is 51.1 cm³/mol. The molecule has 1 heterocycles. The van der Waals surface area contributed by atoms with Crippen molar-refractivity contribution in [2.24, 2.45) is 0 Å². The highest BCUT2D eigenvalue weighted by Gasteiger charge is 2.03. The van der Waals surface area contributed by atoms with Crippen molar-refractivity contribution >= 4 is 26.8 Å². The number of hydrogen-bond acceptors (Lipinski definition) is 2. The summed E-state index contributed by atoms with van der Waals surface area (Å²) in [5.74, 6) is 0.202. The molecule has 1 N–H and O–H groups in total. The number of phenols is 1. The zero-order valence-corrected chi connectivity index (χ0v) is 7.75. The normalized spacial score (nSPS) is 10.4. The Morgan fingerprint density at radius 2 is 2.08 bits per heavy atom. The second-order valence-corrected chi connectivity index (χ2v) is 3.33. The van der Waals surface area contributed by atoms with Gasteiger partial charge in [0.15, 0.2) is 5.75 Å². The lowest BCUT2D eigenvalue weighted by atomic mass is 10.2. The molecule has 0 saturated heterocycles. The molecule has 0 aliphatic rings. The molecule has 0 amide bonds. The second-order valence-electron chi connectivity index (χ2n) is 2.47. The first-order chi connectivity index (χ1) is 5.79. The van der Waals surface area contributed by atoms with Crippen LogP contribution in [0.1, 0.15) is 0 Å². The molecule has 0 aliphatic heterocycles. The third-order valence-electron chi connectivity index (χ3n) is 1.70. The van der Waals surface area contributed by atoms with Gasteiger partial charge in [0.05, 0.1) is 4.47 Å². The van der Waals surface area contributed by atoms with E-state index in [0.717, 1.165) is 5.39 Å². The summed E-state index contributed by atoms with van der Waals surface area (Å²) in [6.45, 7) is 0. The Bertz CT molecular complexity index is 428. The van der Waals surface area contributed by atoms with Crippen LogP contribution in [0, 0.1) is 0 Å². The summed E-state index contributed by atoms with van der Waals surface area (Å²) in [7, 11) is 0. The zero-order chi connectivity index (χ0) is 8.55. The number of benzene rings is 1. The fourth-order valence-corrected chi connectivity index (χ4v) is 1.43. The van der Waals surface area contributed by atoms with Crippen LogP contribution < -0.4 is 0 Å². The molecule has 0 bridgehead atoms. The summed E-state index contributed by atoms with van der Waals surface area (Å²) in [6.07, 6.45) is 1.66. The van der Waals surface area contributed by atoms with Crippen LogP contribution in [-0.2, 0) is 0 Å². The standard InChI is InChI=1S/C9H6BrNO/c10-7-4-3-6-2-1-5-11-8(6)9(7)12/h1-5,12H. The highest BCUT2D eigenvalue weighted by Crippen LogP contribution is 2.30. The maximum Gasteiger partial charge on any atom is 0.156 e. The monoisotopic (exact) mass is 223 g/mol. The molecule has 12 heavy (non-hydrogen) atoms. The van der Waals surface area contributed by atoms with Gasteiger partial charge in [-0.3, -0.25) is 4.98 Å². The molecule has 3 heteroatoms. The third-order valence-corrected chi connectivity index (χ3v) is 2.34. The van der Waals surface area contributed by atoms with Crippen LogP contribution >= 0.6 is 15.9 Å². The van der Waals surface area contributed by atoms with Gasteiger partial charge in [-0.25, -0.2) is 0 Å². The summed E-state index contributed by atoms with van der Waals surface area (Å²) in [4.78, 5) is 4.06. The Hall–Kier alpha value is -1.09. The Balaban J connectivity index is 2.91. The van der Waals surface area contributed by atoms with E-state index in [4.69, 9.17) is 0 Å². The molecule has 60 valence electrons. The van der Waals surface area contributed by atoms with Gasteiger partial charge >= 0.3 is 0 Å². The molecule has 0 atom stereocenters. The minimum absolute atomic E-state index is 0.202. The third kappa shape index (κ3) is 1.06. The molecule has 0 unspecified atom stereocenters. The van der Waals surface area contributed by atoms with Crippen molar-refractivity contribution < 1.29 is 5.11 Å². The summed E-state index contributed by atoms with van der Waals surface area (Å²) in [5.41, 5.74) is 0.631. The van der Waals surface area contributed by atoms with Crippen molar-refractivity contribution in [3.63, 3.8) is 0 Å². The molecule has 0 radical (unpaired) electrons. The molecule has 0 saturated carbocycles. The summed E-state index contributed by atoms with van der Waals surface area (Å²) >= 11 is 3.23. The van der Waals surface area contributed by atoms with Gasteiger partial charge in [0, 0.05) is 11.6 Å². The molecule has 0 aliphatic carbocycles. The highest BCUT2D eigenvalue weighted by molar-refractivity contribution is 9.10. The zero-order valence-electron chi connectivity index (χ0n) is 6.16. The maximum absolute atomic E-state index is 9.55. The first-order valence-corrected chi connectivity index (χ1v) is 4.30. The fourth-order valence-electron chi connectivity index (χ4n) is 1.11. The second kappa shape index (κ2) is 2.75. The van der Waals surface area contributed by atoms with Gasteiger partial charge < -0.3 is 5.11 Å². The van der Waals surface area contributed by atoms with Crippen molar-refractivity contribution in [1.29, 1.82) is 0 Å². The Kier molecular flexibility index (Phi) is 1.73. The summed E-state index contributed by atoms with van der Waals surface area (Å²) in [6, 6.07) is 7.47. The van der Waals surface area contributed by atoms with E-state index in [2.05, 4.69) is 20.9 Å². The van der Waals surface area contributed by atoms with Crippen LogP contribution in [0.2, 0.25) is 0 Å². The topological polar surface area (TPSA) is 33.1 Å². The Morgan fingerprint density at radius 1 is 1.25 bits per heavy atom. The number of phenolic OH excluding ortho intramolecular Hbond substituents is 1. The SMILES string of the molecule is Oc1c(Br)ccc2cccnc12. The molecule has 1 aromatic carbocycles. The van der Waals surface area contributed by atoms with Crippen LogP contribution in [0.3, 0.4) is 0 Å². The van der Waals surface area contributed by atoms with E-state index >= 15 is 0 Å². The number of nitrogens with zero attached hydrogens (tertiary/aromatic N) is 1. The fraction of sp³-hybridized carbons (Fsp3) is 0. The van der Waals surface area contributed by atoms with Gasteiger partial charge in [0.2, 0.25) is 0 Å². The smallest absolute Gasteiger partial charge is 0.156 e. The number of rotatable bonds is 0. The average Bonchev–Trinajstić information content (AvgIpc) is 2.12. The first-order valence-electron chi connectivity index (χ1n) is 3.51. The van der Waals surface area contributed by atoms with Crippen molar-refractivity contribution in [2.45, 2.75) is 0 Å². The van der Waals surface area contributed by atoms with E-state index in [9.17, 15) is 5.11 Å². The predicted octanol–water partition coefficient (Wildman–Crippen LogP) is 2.70. The molecule has 0 spiro atoms. The van der Waals surface area contributed by atoms with Crippen LogP contribution in [-0.4, -0.2) is 10.1 Å². The number of hydrogen-bond donors (Lipinski definition) is 1. The van der Waals surface area contributed by atoms with Crippen LogP contribution in [0.4, 0.5) is 0 Å². The van der Waals surface area contributed by atoms with Gasteiger partial charge in [0.25, 0.3) is 0 Å². The van der Waals surface area contributed by atoms with Crippen LogP contribution in [0.25, 0.3) is 10.9 Å². The summed E-state index contributed by atoms with van der Waals surface area (Å²) < 4.78 is 0.675. The number of aromatic hydroxyl groups is 1. The van der Waals surface area contributed by atoms with Gasteiger partial charge in [-0.05, 0) is 28.1 Å². The van der Waals surface area contributed by atoms with Gasteiger partial charge in [-0.1, -0.05) is 12.1 Å². The van der Waals surface area contributed by atoms with Crippen LogP contribution in [0.5, 0.6) is 5.75 Å². The largest absolute Gasteiger partial charge is 0.505 e. The van der Waals surface area contributed by atoms with Crippen molar-refractivity contribution in [3.05, 3.63) is 34.9 Å². The van der Waals surface area contributed by atoms with Crippen LogP contribution in [0.15, 0.2) is 34.9 Å². The number of aromatic nitrogens is 1. The van der Waals surface area contributed by atoms with Gasteiger partial charge in [-0.15, -0.1) is 0 Å². The number of halogens is 1. The molecule has 2 rings (SSSR count). The number of fused-ring (bicyclic) bond motifs is 1. The van der Waals surface area contributed by atoms with Crippen molar-refractivity contribution in [2.75, 3.05) is 0 Å². The van der Waals surface area contributed by atoms with Gasteiger partial charge in [0.1, 0.15) is 5.52 Å². The van der Waals surface area contributed by atoms with E-state index < -0.39 is 0 Å². The average molecular weight is 224 g/mol. The molecule has 2 aromatic rings. The van der Waals surface area contributed by atoms with Crippen molar-refractivity contribution in [3.8, 4) is 5.75 Å². The lowest BCUT2D eigenvalue weighted by Gasteiger charge is -2.00. The molecule has 1 aromatic heterocycles. The lowest BCUT2D eigenvalue weighted by molar-refractivity contribution is 0.477. The van der Waals surface area contributed by atoms with Crippen molar-refractivity contribution in [1.82, 2.24) is 4.98 Å². The quantitative estimate of drug-likeness (QED) is 0.746. The highest BCUT2D eigenvalue weighted by atomic mass is 79.9. The maximum atomic E-state index is 9.55. The van der Waals surface area contributed by atoms with E-state index in [0.29, 0.717) is 9.99 Å². The van der Waals surface area contributed by atoms with E-state index in [1.54, 1.807) is 12.3 Å².